The number of hydrogen-bond donors (Lipinski definition) is 2. The molecule has 0 unspecified atom stereocenters. The van der Waals surface area contributed by atoms with Gasteiger partial charge in [0.2, 0.25) is 5.91 Å². The van der Waals surface area contributed by atoms with Gasteiger partial charge in [-0.15, -0.1) is 11.3 Å². The molecule has 0 saturated heterocycles. The van der Waals surface area contributed by atoms with E-state index in [1.165, 1.54) is 4.88 Å². The zero-order valence-electron chi connectivity index (χ0n) is 9.85. The molecular formula is C11H16BrClN2OS. The third-order valence-electron chi connectivity index (χ3n) is 2.12. The minimum atomic E-state index is 0.0436. The molecule has 0 aromatic carbocycles. The number of amides is 1. The molecule has 1 rings (SSSR count). The van der Waals surface area contributed by atoms with Gasteiger partial charge in [0.15, 0.2) is 0 Å². The lowest BCUT2D eigenvalue weighted by Gasteiger charge is -2.07. The predicted molar refractivity (Wildman–Crippen MR) is 76.6 cm³/mol. The molecule has 17 heavy (non-hydrogen) atoms. The first-order valence-electron chi connectivity index (χ1n) is 5.43. The molecule has 1 aromatic rings. The lowest BCUT2D eigenvalue weighted by atomic mass is 10.2. The Morgan fingerprint density at radius 3 is 2.76 bits per heavy atom. The van der Waals surface area contributed by atoms with E-state index >= 15 is 0 Å². The molecule has 0 saturated carbocycles. The van der Waals surface area contributed by atoms with Crippen LogP contribution in [0.5, 0.6) is 0 Å². The largest absolute Gasteiger partial charge is 0.355 e. The van der Waals surface area contributed by atoms with Crippen LogP contribution in [0, 0.1) is 5.92 Å². The molecular weight excluding hydrogens is 324 g/mol. The Bertz CT molecular complexity index is 362. The van der Waals surface area contributed by atoms with Crippen molar-refractivity contribution in [3.63, 3.8) is 0 Å². The third-order valence-corrected chi connectivity index (χ3v) is 4.60. The SMILES string of the molecule is CC(C)C(=O)NCCNCc1cc(Br)c(Cl)s1. The molecule has 0 spiro atoms. The van der Waals surface area contributed by atoms with Crippen molar-refractivity contribution in [3.05, 3.63) is 19.8 Å². The van der Waals surface area contributed by atoms with Gasteiger partial charge in [-0.3, -0.25) is 4.79 Å². The summed E-state index contributed by atoms with van der Waals surface area (Å²) in [4.78, 5) is 12.4. The molecule has 96 valence electrons. The molecule has 0 bridgehead atoms. The summed E-state index contributed by atoms with van der Waals surface area (Å²) in [6.45, 7) is 5.94. The third kappa shape index (κ3) is 5.38. The highest BCUT2D eigenvalue weighted by atomic mass is 79.9. The number of rotatable bonds is 6. The minimum absolute atomic E-state index is 0.0436. The van der Waals surface area contributed by atoms with Gasteiger partial charge in [-0.1, -0.05) is 25.4 Å². The average Bonchev–Trinajstić information content (AvgIpc) is 2.57. The fraction of sp³-hybridized carbons (Fsp3) is 0.545. The Morgan fingerprint density at radius 2 is 2.24 bits per heavy atom. The summed E-state index contributed by atoms with van der Waals surface area (Å²) in [5, 5.41) is 6.10. The highest BCUT2D eigenvalue weighted by molar-refractivity contribution is 9.10. The van der Waals surface area contributed by atoms with Crippen LogP contribution in [0.4, 0.5) is 0 Å². The second-order valence-corrected chi connectivity index (χ2v) is 6.55. The van der Waals surface area contributed by atoms with Crippen LogP contribution in [-0.4, -0.2) is 19.0 Å². The van der Waals surface area contributed by atoms with Crippen molar-refractivity contribution < 1.29 is 4.79 Å². The molecule has 0 aliphatic carbocycles. The van der Waals surface area contributed by atoms with Gasteiger partial charge < -0.3 is 10.6 Å². The molecule has 2 N–H and O–H groups in total. The summed E-state index contributed by atoms with van der Waals surface area (Å²) in [5.41, 5.74) is 0. The van der Waals surface area contributed by atoms with Crippen molar-refractivity contribution >= 4 is 44.8 Å². The summed E-state index contributed by atoms with van der Waals surface area (Å²) in [6.07, 6.45) is 0. The molecule has 1 aromatic heterocycles. The highest BCUT2D eigenvalue weighted by Crippen LogP contribution is 2.31. The molecule has 3 nitrogen and oxygen atoms in total. The first-order valence-corrected chi connectivity index (χ1v) is 7.41. The van der Waals surface area contributed by atoms with Gasteiger partial charge >= 0.3 is 0 Å². The van der Waals surface area contributed by atoms with Crippen LogP contribution >= 0.6 is 38.9 Å². The van der Waals surface area contributed by atoms with Gasteiger partial charge in [-0.25, -0.2) is 0 Å². The number of nitrogens with one attached hydrogen (secondary N) is 2. The van der Waals surface area contributed by atoms with Gasteiger partial charge in [-0.2, -0.15) is 0 Å². The molecule has 0 fully saturated rings. The number of carbonyl (C=O) groups is 1. The fourth-order valence-electron chi connectivity index (χ4n) is 1.17. The number of carbonyl (C=O) groups excluding carboxylic acids is 1. The second-order valence-electron chi connectivity index (χ2n) is 3.96. The van der Waals surface area contributed by atoms with Crippen molar-refractivity contribution in [3.8, 4) is 0 Å². The Morgan fingerprint density at radius 1 is 1.53 bits per heavy atom. The molecule has 6 heteroatoms. The van der Waals surface area contributed by atoms with Gasteiger partial charge in [0, 0.05) is 34.9 Å². The Balaban J connectivity index is 2.14. The topological polar surface area (TPSA) is 41.1 Å². The quantitative estimate of drug-likeness (QED) is 0.782. The first-order chi connectivity index (χ1) is 8.00. The maximum absolute atomic E-state index is 11.3. The Labute approximate surface area is 119 Å². The number of halogens is 2. The zero-order chi connectivity index (χ0) is 12.8. The van der Waals surface area contributed by atoms with Gasteiger partial charge in [0.1, 0.15) is 4.34 Å². The zero-order valence-corrected chi connectivity index (χ0v) is 13.0. The van der Waals surface area contributed by atoms with E-state index < -0.39 is 0 Å². The van der Waals surface area contributed by atoms with E-state index in [2.05, 4.69) is 26.6 Å². The van der Waals surface area contributed by atoms with E-state index in [-0.39, 0.29) is 11.8 Å². The summed E-state index contributed by atoms with van der Waals surface area (Å²) in [5.74, 6) is 0.135. The van der Waals surface area contributed by atoms with E-state index in [0.717, 1.165) is 21.9 Å². The van der Waals surface area contributed by atoms with Crippen LogP contribution in [-0.2, 0) is 11.3 Å². The van der Waals surface area contributed by atoms with E-state index in [0.29, 0.717) is 6.54 Å². The lowest BCUT2D eigenvalue weighted by Crippen LogP contribution is -2.33. The summed E-state index contributed by atoms with van der Waals surface area (Å²) in [7, 11) is 0. The smallest absolute Gasteiger partial charge is 0.222 e. The van der Waals surface area contributed by atoms with Gasteiger partial charge in [-0.05, 0) is 22.0 Å². The number of hydrogen-bond acceptors (Lipinski definition) is 3. The predicted octanol–water partition coefficient (Wildman–Crippen LogP) is 3.03. The van der Waals surface area contributed by atoms with Crippen molar-refractivity contribution in [2.75, 3.05) is 13.1 Å². The van der Waals surface area contributed by atoms with Crippen LogP contribution in [0.3, 0.4) is 0 Å². The summed E-state index contributed by atoms with van der Waals surface area (Å²) in [6, 6.07) is 2.01. The minimum Gasteiger partial charge on any atom is -0.355 e. The van der Waals surface area contributed by atoms with Crippen LogP contribution < -0.4 is 10.6 Å². The van der Waals surface area contributed by atoms with Gasteiger partial charge in [0.05, 0.1) is 0 Å². The molecule has 1 heterocycles. The summed E-state index contributed by atoms with van der Waals surface area (Å²) >= 11 is 10.9. The second kappa shape index (κ2) is 7.36. The first kappa shape index (κ1) is 15.0. The molecule has 0 aliphatic heterocycles. The molecule has 0 aliphatic rings. The fourth-order valence-corrected chi connectivity index (χ4v) is 2.93. The number of thiophene rings is 1. The maximum atomic E-state index is 11.3. The van der Waals surface area contributed by atoms with Crippen molar-refractivity contribution in [1.29, 1.82) is 0 Å². The Hall–Kier alpha value is -0.100. The molecule has 0 atom stereocenters. The van der Waals surface area contributed by atoms with Crippen LogP contribution in [0.1, 0.15) is 18.7 Å². The highest BCUT2D eigenvalue weighted by Gasteiger charge is 2.05. The van der Waals surface area contributed by atoms with E-state index in [1.807, 2.05) is 19.9 Å². The van der Waals surface area contributed by atoms with E-state index in [9.17, 15) is 4.79 Å². The summed E-state index contributed by atoms with van der Waals surface area (Å²) < 4.78 is 1.71. The Kier molecular flexibility index (Phi) is 6.48. The van der Waals surface area contributed by atoms with Gasteiger partial charge in [0.25, 0.3) is 0 Å². The lowest BCUT2D eigenvalue weighted by molar-refractivity contribution is -0.123. The van der Waals surface area contributed by atoms with Crippen molar-refractivity contribution in [2.24, 2.45) is 5.92 Å². The normalized spacial score (nSPS) is 10.9. The monoisotopic (exact) mass is 338 g/mol. The van der Waals surface area contributed by atoms with Crippen molar-refractivity contribution in [1.82, 2.24) is 10.6 Å². The van der Waals surface area contributed by atoms with Crippen LogP contribution in [0.15, 0.2) is 10.5 Å². The van der Waals surface area contributed by atoms with Crippen LogP contribution in [0.25, 0.3) is 0 Å². The standard InChI is InChI=1S/C11H16BrClN2OS/c1-7(2)11(16)15-4-3-14-6-8-5-9(12)10(13)17-8/h5,7,14H,3-4,6H2,1-2H3,(H,15,16). The maximum Gasteiger partial charge on any atom is 0.222 e. The average molecular weight is 340 g/mol. The van der Waals surface area contributed by atoms with E-state index in [1.54, 1.807) is 11.3 Å². The van der Waals surface area contributed by atoms with E-state index in [4.69, 9.17) is 11.6 Å². The van der Waals surface area contributed by atoms with Crippen LogP contribution in [0.2, 0.25) is 4.34 Å². The molecule has 1 amide bonds. The van der Waals surface area contributed by atoms with Crippen molar-refractivity contribution in [2.45, 2.75) is 20.4 Å². The molecule has 0 radical (unpaired) electrons.